The van der Waals surface area contributed by atoms with E-state index in [4.69, 9.17) is 4.74 Å². The number of amides is 1. The monoisotopic (exact) mass is 261 g/mol. The Labute approximate surface area is 113 Å². The average Bonchev–Trinajstić information content (AvgIpc) is 2.34. The average molecular weight is 261 g/mol. The quantitative estimate of drug-likeness (QED) is 0.851. The third-order valence-corrected chi connectivity index (χ3v) is 3.04. The van der Waals surface area contributed by atoms with Gasteiger partial charge in [0.25, 0.3) is 5.91 Å². The minimum Gasteiger partial charge on any atom is -0.482 e. The number of anilines is 1. The third kappa shape index (κ3) is 3.56. The van der Waals surface area contributed by atoms with Gasteiger partial charge >= 0.3 is 0 Å². The molecule has 102 valence electrons. The van der Waals surface area contributed by atoms with E-state index >= 15 is 0 Å². The van der Waals surface area contributed by atoms with Crippen LogP contribution in [0.3, 0.4) is 0 Å². The van der Waals surface area contributed by atoms with Gasteiger partial charge in [0, 0.05) is 12.0 Å². The maximum Gasteiger partial charge on any atom is 0.262 e. The molecule has 2 rings (SSSR count). The zero-order valence-corrected chi connectivity index (χ0v) is 11.6. The van der Waals surface area contributed by atoms with Crippen molar-refractivity contribution in [1.82, 2.24) is 0 Å². The normalized spacial score (nSPS) is 14.4. The van der Waals surface area contributed by atoms with Crippen LogP contribution < -0.4 is 10.1 Å². The first kappa shape index (κ1) is 13.6. The van der Waals surface area contributed by atoms with Crippen molar-refractivity contribution in [1.29, 1.82) is 0 Å². The molecule has 0 aromatic heterocycles. The molecule has 1 aromatic carbocycles. The van der Waals surface area contributed by atoms with E-state index in [1.807, 2.05) is 0 Å². The van der Waals surface area contributed by atoms with Crippen LogP contribution in [0.1, 0.15) is 44.0 Å². The summed E-state index contributed by atoms with van der Waals surface area (Å²) < 4.78 is 5.26. The molecule has 0 spiro atoms. The van der Waals surface area contributed by atoms with Gasteiger partial charge in [-0.15, -0.1) is 0 Å². The van der Waals surface area contributed by atoms with Gasteiger partial charge in [-0.05, 0) is 30.0 Å². The van der Waals surface area contributed by atoms with Crippen LogP contribution in [0, 0.1) is 5.41 Å². The van der Waals surface area contributed by atoms with Crippen LogP contribution in [0.2, 0.25) is 0 Å². The Balaban J connectivity index is 2.11. The van der Waals surface area contributed by atoms with Crippen LogP contribution in [0.4, 0.5) is 5.69 Å². The van der Waals surface area contributed by atoms with Crippen LogP contribution >= 0.6 is 0 Å². The number of nitrogens with one attached hydrogen (secondary N) is 1. The summed E-state index contributed by atoms with van der Waals surface area (Å²) in [5.74, 6) is 0.524. The highest BCUT2D eigenvalue weighted by Gasteiger charge is 2.19. The van der Waals surface area contributed by atoms with E-state index in [0.717, 1.165) is 6.42 Å². The zero-order chi connectivity index (χ0) is 14.0. The minimum atomic E-state index is -0.188. The number of rotatable bonds is 3. The van der Waals surface area contributed by atoms with E-state index in [-0.39, 0.29) is 23.7 Å². The Bertz CT molecular complexity index is 515. The molecule has 0 radical (unpaired) electrons. The summed E-state index contributed by atoms with van der Waals surface area (Å²) in [6, 6.07) is 5.18. The molecule has 0 unspecified atom stereocenters. The minimum absolute atomic E-state index is 0.0321. The van der Waals surface area contributed by atoms with E-state index in [2.05, 4.69) is 26.1 Å². The molecule has 19 heavy (non-hydrogen) atoms. The zero-order valence-electron chi connectivity index (χ0n) is 11.6. The SMILES string of the molecule is CC(C)(C)CCC(=O)c1ccc2c(c1)NC(=O)CO2. The number of fused-ring (bicyclic) bond motifs is 1. The van der Waals surface area contributed by atoms with Crippen LogP contribution in [0.15, 0.2) is 18.2 Å². The molecule has 4 nitrogen and oxygen atoms in total. The number of hydrogen-bond acceptors (Lipinski definition) is 3. The fourth-order valence-corrected chi connectivity index (χ4v) is 1.89. The second-order valence-corrected chi connectivity index (χ2v) is 6.03. The molecule has 0 saturated carbocycles. The number of carbonyl (C=O) groups excluding carboxylic acids is 2. The molecule has 4 heteroatoms. The van der Waals surface area contributed by atoms with E-state index in [9.17, 15) is 9.59 Å². The number of ether oxygens (including phenoxy) is 1. The molecular formula is C15H19NO3. The van der Waals surface area contributed by atoms with E-state index in [1.165, 1.54) is 0 Å². The lowest BCUT2D eigenvalue weighted by molar-refractivity contribution is -0.118. The van der Waals surface area contributed by atoms with Gasteiger partial charge < -0.3 is 10.1 Å². The van der Waals surface area contributed by atoms with Gasteiger partial charge in [0.2, 0.25) is 0 Å². The van der Waals surface area contributed by atoms with Crippen LogP contribution in [0.5, 0.6) is 5.75 Å². The number of Topliss-reactive ketones (excluding diaryl/α,β-unsaturated/α-hetero) is 1. The summed E-state index contributed by atoms with van der Waals surface area (Å²) in [6.07, 6.45) is 1.35. The van der Waals surface area contributed by atoms with Crippen molar-refractivity contribution in [3.05, 3.63) is 23.8 Å². The fourth-order valence-electron chi connectivity index (χ4n) is 1.89. The first-order valence-electron chi connectivity index (χ1n) is 6.45. The predicted molar refractivity (Wildman–Crippen MR) is 73.6 cm³/mol. The van der Waals surface area contributed by atoms with Crippen molar-refractivity contribution in [3.8, 4) is 5.75 Å². The molecular weight excluding hydrogens is 242 g/mol. The fraction of sp³-hybridized carbons (Fsp3) is 0.467. The third-order valence-electron chi connectivity index (χ3n) is 3.04. The Hall–Kier alpha value is -1.84. The Morgan fingerprint density at radius 3 is 2.79 bits per heavy atom. The molecule has 1 aliphatic heterocycles. The number of carbonyl (C=O) groups is 2. The van der Waals surface area contributed by atoms with Gasteiger partial charge in [-0.3, -0.25) is 9.59 Å². The van der Waals surface area contributed by atoms with Crippen molar-refractivity contribution in [2.45, 2.75) is 33.6 Å². The van der Waals surface area contributed by atoms with Crippen molar-refractivity contribution in [2.24, 2.45) is 5.41 Å². The lowest BCUT2D eigenvalue weighted by Gasteiger charge is -2.19. The summed E-state index contributed by atoms with van der Waals surface area (Å²) in [4.78, 5) is 23.3. The van der Waals surface area contributed by atoms with Gasteiger partial charge in [0.05, 0.1) is 5.69 Å². The highest BCUT2D eigenvalue weighted by atomic mass is 16.5. The molecule has 0 bridgehead atoms. The van der Waals surface area contributed by atoms with Crippen molar-refractivity contribution in [2.75, 3.05) is 11.9 Å². The number of ketones is 1. The molecule has 1 N–H and O–H groups in total. The molecule has 1 aliphatic rings. The summed E-state index contributed by atoms with van der Waals surface area (Å²) in [6.45, 7) is 6.37. The van der Waals surface area contributed by atoms with Crippen molar-refractivity contribution >= 4 is 17.4 Å². The Kier molecular flexibility index (Phi) is 3.60. The molecule has 1 heterocycles. The second kappa shape index (κ2) is 5.03. The van der Waals surface area contributed by atoms with E-state index in [1.54, 1.807) is 18.2 Å². The maximum atomic E-state index is 12.1. The molecule has 0 atom stereocenters. The first-order chi connectivity index (χ1) is 8.85. The predicted octanol–water partition coefficient (Wildman–Crippen LogP) is 3.03. The van der Waals surface area contributed by atoms with Crippen LogP contribution in [-0.2, 0) is 4.79 Å². The lowest BCUT2D eigenvalue weighted by atomic mass is 9.88. The largest absolute Gasteiger partial charge is 0.482 e. The first-order valence-corrected chi connectivity index (χ1v) is 6.45. The molecule has 1 amide bonds. The van der Waals surface area contributed by atoms with Gasteiger partial charge in [-0.1, -0.05) is 20.8 Å². The van der Waals surface area contributed by atoms with Crippen LogP contribution in [-0.4, -0.2) is 18.3 Å². The summed E-state index contributed by atoms with van der Waals surface area (Å²) >= 11 is 0. The Morgan fingerprint density at radius 2 is 2.11 bits per heavy atom. The second-order valence-electron chi connectivity index (χ2n) is 6.03. The number of hydrogen-bond donors (Lipinski definition) is 1. The van der Waals surface area contributed by atoms with Gasteiger partial charge in [-0.25, -0.2) is 0 Å². The molecule has 0 saturated heterocycles. The highest BCUT2D eigenvalue weighted by Crippen LogP contribution is 2.29. The van der Waals surface area contributed by atoms with Gasteiger partial charge in [0.1, 0.15) is 5.75 Å². The maximum absolute atomic E-state index is 12.1. The summed E-state index contributed by atoms with van der Waals surface area (Å²) in [5, 5.41) is 2.71. The van der Waals surface area contributed by atoms with Crippen LogP contribution in [0.25, 0.3) is 0 Å². The lowest BCUT2D eigenvalue weighted by Crippen LogP contribution is -2.25. The summed E-state index contributed by atoms with van der Waals surface area (Å²) in [7, 11) is 0. The summed E-state index contributed by atoms with van der Waals surface area (Å²) in [5.41, 5.74) is 1.34. The smallest absolute Gasteiger partial charge is 0.262 e. The van der Waals surface area contributed by atoms with Crippen molar-refractivity contribution in [3.63, 3.8) is 0 Å². The topological polar surface area (TPSA) is 55.4 Å². The molecule has 0 aliphatic carbocycles. The van der Waals surface area contributed by atoms with Crippen molar-refractivity contribution < 1.29 is 14.3 Å². The molecule has 0 fully saturated rings. The Morgan fingerprint density at radius 1 is 1.37 bits per heavy atom. The van der Waals surface area contributed by atoms with Gasteiger partial charge in [0.15, 0.2) is 12.4 Å². The van der Waals surface area contributed by atoms with E-state index in [0.29, 0.717) is 23.4 Å². The van der Waals surface area contributed by atoms with E-state index < -0.39 is 0 Å². The highest BCUT2D eigenvalue weighted by molar-refractivity contribution is 6.00. The van der Waals surface area contributed by atoms with Gasteiger partial charge in [-0.2, -0.15) is 0 Å². The molecule has 1 aromatic rings. The number of benzene rings is 1. The standard InChI is InChI=1S/C15H19NO3/c1-15(2,3)7-6-12(17)10-4-5-13-11(8-10)16-14(18)9-19-13/h4-5,8H,6-7,9H2,1-3H3,(H,16,18).